The lowest BCUT2D eigenvalue weighted by Gasteiger charge is -2.34. The van der Waals surface area contributed by atoms with E-state index < -0.39 is 0 Å². The molecule has 2 rings (SSSR count). The van der Waals surface area contributed by atoms with Gasteiger partial charge in [0, 0.05) is 39.6 Å². The number of nitrogens with two attached hydrogens (primary N) is 1. The summed E-state index contributed by atoms with van der Waals surface area (Å²) in [5.74, 6) is 0.861. The van der Waals surface area contributed by atoms with E-state index in [0.717, 1.165) is 43.9 Å². The lowest BCUT2D eigenvalue weighted by molar-refractivity contribution is -0.130. The van der Waals surface area contributed by atoms with Crippen molar-refractivity contribution in [3.05, 3.63) is 29.3 Å². The summed E-state index contributed by atoms with van der Waals surface area (Å²) in [7, 11) is 1.62. The van der Waals surface area contributed by atoms with E-state index in [1.807, 2.05) is 23.1 Å². The number of ether oxygens (including phenoxy) is 1. The SMILES string of the molecule is COc1cc(CN2CCN(C(C)=O)CC2)ccc1C(N)=S. The van der Waals surface area contributed by atoms with Crippen LogP contribution in [0.25, 0.3) is 0 Å². The van der Waals surface area contributed by atoms with Crippen molar-refractivity contribution >= 4 is 23.1 Å². The molecule has 0 bridgehead atoms. The van der Waals surface area contributed by atoms with Crippen LogP contribution in [0.4, 0.5) is 0 Å². The largest absolute Gasteiger partial charge is 0.496 e. The Bertz CT molecular complexity index is 540. The Kier molecular flexibility index (Phi) is 5.14. The summed E-state index contributed by atoms with van der Waals surface area (Å²) in [5.41, 5.74) is 7.59. The fourth-order valence-corrected chi connectivity index (χ4v) is 2.69. The van der Waals surface area contributed by atoms with Gasteiger partial charge in [0.05, 0.1) is 12.7 Å². The first-order valence-corrected chi connectivity index (χ1v) is 7.36. The van der Waals surface area contributed by atoms with Crippen LogP contribution in [0.5, 0.6) is 5.75 Å². The fraction of sp³-hybridized carbons (Fsp3) is 0.467. The topological polar surface area (TPSA) is 58.8 Å². The van der Waals surface area contributed by atoms with Crippen molar-refractivity contribution in [2.75, 3.05) is 33.3 Å². The quantitative estimate of drug-likeness (QED) is 0.841. The molecule has 0 aliphatic carbocycles. The van der Waals surface area contributed by atoms with E-state index >= 15 is 0 Å². The van der Waals surface area contributed by atoms with Crippen LogP contribution in [0.1, 0.15) is 18.1 Å². The Morgan fingerprint density at radius 1 is 1.33 bits per heavy atom. The predicted octanol–water partition coefficient (Wildman–Crippen LogP) is 0.993. The zero-order chi connectivity index (χ0) is 15.4. The first-order chi connectivity index (χ1) is 10.0. The molecule has 21 heavy (non-hydrogen) atoms. The molecule has 0 atom stereocenters. The molecule has 0 spiro atoms. The molecule has 1 fully saturated rings. The zero-order valence-electron chi connectivity index (χ0n) is 12.5. The van der Waals surface area contributed by atoms with Crippen LogP contribution in [0.2, 0.25) is 0 Å². The van der Waals surface area contributed by atoms with Gasteiger partial charge < -0.3 is 15.4 Å². The molecule has 2 N–H and O–H groups in total. The average Bonchev–Trinajstić information content (AvgIpc) is 2.47. The number of nitrogens with zero attached hydrogens (tertiary/aromatic N) is 2. The van der Waals surface area contributed by atoms with Crippen molar-refractivity contribution in [2.45, 2.75) is 13.5 Å². The first-order valence-electron chi connectivity index (χ1n) is 6.96. The van der Waals surface area contributed by atoms with E-state index in [1.165, 1.54) is 0 Å². The Balaban J connectivity index is 2.01. The highest BCUT2D eigenvalue weighted by Gasteiger charge is 2.19. The molecule has 1 aliphatic heterocycles. The number of hydrogen-bond acceptors (Lipinski definition) is 4. The molecule has 114 valence electrons. The van der Waals surface area contributed by atoms with Gasteiger partial charge >= 0.3 is 0 Å². The van der Waals surface area contributed by atoms with Crippen molar-refractivity contribution in [1.29, 1.82) is 0 Å². The molecule has 1 aromatic carbocycles. The summed E-state index contributed by atoms with van der Waals surface area (Å²) in [6.45, 7) is 5.81. The second-order valence-electron chi connectivity index (χ2n) is 5.18. The maximum absolute atomic E-state index is 11.3. The van der Waals surface area contributed by atoms with Crippen LogP contribution in [-0.2, 0) is 11.3 Å². The minimum Gasteiger partial charge on any atom is -0.496 e. The van der Waals surface area contributed by atoms with Gasteiger partial charge in [-0.1, -0.05) is 18.3 Å². The lowest BCUT2D eigenvalue weighted by Crippen LogP contribution is -2.47. The van der Waals surface area contributed by atoms with Crippen LogP contribution >= 0.6 is 12.2 Å². The molecule has 1 aromatic rings. The van der Waals surface area contributed by atoms with Crippen LogP contribution < -0.4 is 10.5 Å². The standard InChI is InChI=1S/C15H21N3O2S/c1-11(19)18-7-5-17(6-8-18)10-12-3-4-13(15(16)21)14(9-12)20-2/h3-4,9H,5-8,10H2,1-2H3,(H2,16,21). The highest BCUT2D eigenvalue weighted by atomic mass is 32.1. The van der Waals surface area contributed by atoms with Crippen molar-refractivity contribution in [2.24, 2.45) is 5.73 Å². The molecule has 1 amide bonds. The minimum absolute atomic E-state index is 0.150. The summed E-state index contributed by atoms with van der Waals surface area (Å²) < 4.78 is 5.35. The lowest BCUT2D eigenvalue weighted by atomic mass is 10.1. The maximum Gasteiger partial charge on any atom is 0.219 e. The smallest absolute Gasteiger partial charge is 0.219 e. The number of piperazine rings is 1. The normalized spacial score (nSPS) is 15.8. The van der Waals surface area contributed by atoms with Gasteiger partial charge in [0.25, 0.3) is 0 Å². The zero-order valence-corrected chi connectivity index (χ0v) is 13.3. The Labute approximate surface area is 130 Å². The van der Waals surface area contributed by atoms with E-state index in [9.17, 15) is 4.79 Å². The molecule has 1 saturated heterocycles. The second-order valence-corrected chi connectivity index (χ2v) is 5.62. The first kappa shape index (κ1) is 15.7. The highest BCUT2D eigenvalue weighted by Crippen LogP contribution is 2.21. The van der Waals surface area contributed by atoms with Crippen molar-refractivity contribution in [3.8, 4) is 5.75 Å². The molecule has 0 aromatic heterocycles. The summed E-state index contributed by atoms with van der Waals surface area (Å²) in [5, 5.41) is 0. The molecule has 1 heterocycles. The fourth-order valence-electron chi connectivity index (χ4n) is 2.52. The van der Waals surface area contributed by atoms with Crippen LogP contribution in [0, 0.1) is 0 Å². The Morgan fingerprint density at radius 2 is 2.00 bits per heavy atom. The third kappa shape index (κ3) is 3.92. The third-order valence-corrected chi connectivity index (χ3v) is 3.98. The molecule has 0 unspecified atom stereocenters. The summed E-state index contributed by atoms with van der Waals surface area (Å²) >= 11 is 5.01. The van der Waals surface area contributed by atoms with Gasteiger partial charge in [-0.3, -0.25) is 9.69 Å². The van der Waals surface area contributed by atoms with Gasteiger partial charge in [0.2, 0.25) is 5.91 Å². The van der Waals surface area contributed by atoms with Gasteiger partial charge in [-0.2, -0.15) is 0 Å². The van der Waals surface area contributed by atoms with Gasteiger partial charge in [0.15, 0.2) is 0 Å². The number of benzene rings is 1. The van der Waals surface area contributed by atoms with Crippen molar-refractivity contribution in [1.82, 2.24) is 9.80 Å². The number of thiocarbonyl (C=S) groups is 1. The monoisotopic (exact) mass is 307 g/mol. The van der Waals surface area contributed by atoms with Crippen molar-refractivity contribution < 1.29 is 9.53 Å². The molecular weight excluding hydrogens is 286 g/mol. The number of carbonyl (C=O) groups is 1. The Morgan fingerprint density at radius 3 is 2.52 bits per heavy atom. The molecule has 1 aliphatic rings. The summed E-state index contributed by atoms with van der Waals surface area (Å²) in [4.78, 5) is 15.9. The average molecular weight is 307 g/mol. The van der Waals surface area contributed by atoms with E-state index in [-0.39, 0.29) is 5.91 Å². The number of carbonyl (C=O) groups excluding carboxylic acids is 1. The van der Waals surface area contributed by atoms with Crippen LogP contribution in [-0.4, -0.2) is 54.0 Å². The van der Waals surface area contributed by atoms with E-state index in [4.69, 9.17) is 22.7 Å². The molecule has 5 nitrogen and oxygen atoms in total. The molecule has 0 saturated carbocycles. The van der Waals surface area contributed by atoms with E-state index in [2.05, 4.69) is 4.90 Å². The Hall–Kier alpha value is -1.66. The molecule has 0 radical (unpaired) electrons. The van der Waals surface area contributed by atoms with Gasteiger partial charge in [-0.05, 0) is 17.7 Å². The summed E-state index contributed by atoms with van der Waals surface area (Å²) in [6.07, 6.45) is 0. The van der Waals surface area contributed by atoms with Gasteiger partial charge in [0.1, 0.15) is 10.7 Å². The maximum atomic E-state index is 11.3. The summed E-state index contributed by atoms with van der Waals surface area (Å²) in [6, 6.07) is 5.91. The van der Waals surface area contributed by atoms with Crippen LogP contribution in [0.3, 0.4) is 0 Å². The number of amides is 1. The predicted molar refractivity (Wildman–Crippen MR) is 86.4 cm³/mol. The van der Waals surface area contributed by atoms with Gasteiger partial charge in [-0.25, -0.2) is 0 Å². The van der Waals surface area contributed by atoms with E-state index in [0.29, 0.717) is 10.7 Å². The number of methoxy groups -OCH3 is 1. The minimum atomic E-state index is 0.150. The molecule has 6 heteroatoms. The number of rotatable bonds is 4. The molecular formula is C15H21N3O2S. The second kappa shape index (κ2) is 6.87. The van der Waals surface area contributed by atoms with Crippen LogP contribution in [0.15, 0.2) is 18.2 Å². The third-order valence-electron chi connectivity index (χ3n) is 3.76. The van der Waals surface area contributed by atoms with Gasteiger partial charge in [-0.15, -0.1) is 0 Å². The highest BCUT2D eigenvalue weighted by molar-refractivity contribution is 7.80. The van der Waals surface area contributed by atoms with E-state index in [1.54, 1.807) is 14.0 Å². The number of hydrogen-bond donors (Lipinski definition) is 1. The van der Waals surface area contributed by atoms with Crippen molar-refractivity contribution in [3.63, 3.8) is 0 Å².